The zero-order valence-electron chi connectivity index (χ0n) is 13.7. The molecular weight excluding hydrogens is 386 g/mol. The Morgan fingerprint density at radius 1 is 1.28 bits per heavy atom. The molecule has 25 heavy (non-hydrogen) atoms. The first kappa shape index (κ1) is 17.1. The highest BCUT2D eigenvalue weighted by Crippen LogP contribution is 2.22. The van der Waals surface area contributed by atoms with Gasteiger partial charge in [-0.15, -0.1) is 0 Å². The van der Waals surface area contributed by atoms with E-state index in [1.807, 2.05) is 37.4 Å². The van der Waals surface area contributed by atoms with Crippen LogP contribution in [-0.2, 0) is 4.74 Å². The van der Waals surface area contributed by atoms with E-state index in [9.17, 15) is 4.79 Å². The van der Waals surface area contributed by atoms with Crippen LogP contribution in [0.25, 0.3) is 5.95 Å². The molecule has 0 saturated carbocycles. The molecule has 0 bridgehead atoms. The molecule has 0 aliphatic carbocycles. The molecule has 0 aliphatic rings. The predicted molar refractivity (Wildman–Crippen MR) is 97.3 cm³/mol. The summed E-state index contributed by atoms with van der Waals surface area (Å²) < 4.78 is 7.60. The molecule has 0 radical (unpaired) electrons. The van der Waals surface area contributed by atoms with E-state index in [1.165, 1.54) is 6.20 Å². The number of halogens is 1. The highest BCUT2D eigenvalue weighted by Gasteiger charge is 2.17. The van der Waals surface area contributed by atoms with Gasteiger partial charge in [0.05, 0.1) is 12.8 Å². The van der Waals surface area contributed by atoms with Crippen LogP contribution < -0.4 is 5.32 Å². The Labute approximate surface area is 153 Å². The summed E-state index contributed by atoms with van der Waals surface area (Å²) in [5.41, 5.74) is 2.04. The number of aryl methyl sites for hydroxylation is 1. The molecule has 0 atom stereocenters. The van der Waals surface area contributed by atoms with E-state index in [0.717, 1.165) is 15.7 Å². The maximum absolute atomic E-state index is 12.2. The first-order valence-electron chi connectivity index (χ1n) is 7.65. The Morgan fingerprint density at radius 3 is 2.68 bits per heavy atom. The van der Waals surface area contributed by atoms with Crippen LogP contribution in [0.2, 0.25) is 0 Å². The zero-order valence-corrected chi connectivity index (χ0v) is 15.3. The second-order valence-corrected chi connectivity index (χ2v) is 6.16. The third-order valence-corrected chi connectivity index (χ3v) is 3.82. The van der Waals surface area contributed by atoms with Gasteiger partial charge in [0.1, 0.15) is 5.56 Å². The number of aromatic nitrogens is 4. The number of carbonyl (C=O) groups is 1. The molecule has 0 amide bonds. The van der Waals surface area contributed by atoms with Crippen molar-refractivity contribution in [2.45, 2.75) is 13.8 Å². The lowest BCUT2D eigenvalue weighted by molar-refractivity contribution is 0.0526. The van der Waals surface area contributed by atoms with Crippen LogP contribution >= 0.6 is 15.9 Å². The van der Waals surface area contributed by atoms with Crippen LogP contribution in [0.15, 0.2) is 47.3 Å². The van der Waals surface area contributed by atoms with Crippen LogP contribution in [0.1, 0.15) is 22.8 Å². The number of hydrogen-bond donors (Lipinski definition) is 1. The zero-order chi connectivity index (χ0) is 17.8. The topological polar surface area (TPSA) is 81.9 Å². The van der Waals surface area contributed by atoms with Gasteiger partial charge in [0.15, 0.2) is 5.82 Å². The summed E-state index contributed by atoms with van der Waals surface area (Å²) in [4.78, 5) is 20.9. The number of nitrogens with one attached hydrogen (secondary N) is 1. The summed E-state index contributed by atoms with van der Waals surface area (Å²) in [5.74, 6) is 0.241. The van der Waals surface area contributed by atoms with Gasteiger partial charge < -0.3 is 10.1 Å². The third kappa shape index (κ3) is 4.03. The largest absolute Gasteiger partial charge is 0.462 e. The van der Waals surface area contributed by atoms with Crippen molar-refractivity contribution >= 4 is 33.4 Å². The Balaban J connectivity index is 2.00. The van der Waals surface area contributed by atoms with Crippen molar-refractivity contribution in [2.75, 3.05) is 11.9 Å². The lowest BCUT2D eigenvalue weighted by atomic mass is 10.2. The van der Waals surface area contributed by atoms with Crippen LogP contribution in [0.3, 0.4) is 0 Å². The predicted octanol–water partition coefficient (Wildman–Crippen LogP) is 3.65. The van der Waals surface area contributed by atoms with Gasteiger partial charge in [0, 0.05) is 22.6 Å². The van der Waals surface area contributed by atoms with Crippen molar-refractivity contribution in [3.05, 3.63) is 58.5 Å². The van der Waals surface area contributed by atoms with Gasteiger partial charge in [0.2, 0.25) is 0 Å². The van der Waals surface area contributed by atoms with E-state index in [-0.39, 0.29) is 12.2 Å². The average molecular weight is 402 g/mol. The van der Waals surface area contributed by atoms with Gasteiger partial charge in [-0.3, -0.25) is 0 Å². The molecule has 8 heteroatoms. The van der Waals surface area contributed by atoms with Gasteiger partial charge in [-0.1, -0.05) is 15.9 Å². The molecule has 0 spiro atoms. The molecule has 3 aromatic rings. The molecule has 1 N–H and O–H groups in total. The standard InChI is InChI=1S/C17H16BrN5O2/c1-3-25-16(24)14-9-19-17(23-10-11(2)8-20-23)22-15(14)21-13-6-4-12(18)5-7-13/h4-10H,3H2,1-2H3,(H,19,21,22). The monoisotopic (exact) mass is 401 g/mol. The van der Waals surface area contributed by atoms with Gasteiger partial charge >= 0.3 is 5.97 Å². The number of hydrogen-bond acceptors (Lipinski definition) is 6. The van der Waals surface area contributed by atoms with E-state index >= 15 is 0 Å². The second kappa shape index (κ2) is 7.43. The molecule has 0 unspecified atom stereocenters. The number of benzene rings is 1. The van der Waals surface area contributed by atoms with E-state index in [0.29, 0.717) is 11.8 Å². The van der Waals surface area contributed by atoms with E-state index in [2.05, 4.69) is 36.3 Å². The Morgan fingerprint density at radius 2 is 2.04 bits per heavy atom. The average Bonchev–Trinajstić information content (AvgIpc) is 3.03. The third-order valence-electron chi connectivity index (χ3n) is 3.29. The Hall–Kier alpha value is -2.74. The maximum atomic E-state index is 12.2. The molecule has 1 aromatic carbocycles. The molecule has 0 aliphatic heterocycles. The molecule has 2 aromatic heterocycles. The van der Waals surface area contributed by atoms with Crippen molar-refractivity contribution in [3.8, 4) is 5.95 Å². The van der Waals surface area contributed by atoms with Crippen molar-refractivity contribution in [1.29, 1.82) is 0 Å². The van der Waals surface area contributed by atoms with Crippen LogP contribution in [0.4, 0.5) is 11.5 Å². The summed E-state index contributed by atoms with van der Waals surface area (Å²) in [7, 11) is 0. The SMILES string of the molecule is CCOC(=O)c1cnc(-n2cc(C)cn2)nc1Nc1ccc(Br)cc1. The smallest absolute Gasteiger partial charge is 0.343 e. The van der Waals surface area contributed by atoms with Crippen molar-refractivity contribution in [3.63, 3.8) is 0 Å². The number of ether oxygens (including phenoxy) is 1. The fraction of sp³-hybridized carbons (Fsp3) is 0.176. The number of nitrogens with zero attached hydrogens (tertiary/aromatic N) is 4. The van der Waals surface area contributed by atoms with Gasteiger partial charge in [-0.25, -0.2) is 14.5 Å². The van der Waals surface area contributed by atoms with Crippen molar-refractivity contribution < 1.29 is 9.53 Å². The van der Waals surface area contributed by atoms with E-state index in [4.69, 9.17) is 4.74 Å². The van der Waals surface area contributed by atoms with Crippen molar-refractivity contribution in [1.82, 2.24) is 19.7 Å². The molecule has 3 rings (SSSR count). The highest BCUT2D eigenvalue weighted by molar-refractivity contribution is 9.10. The molecule has 0 fully saturated rings. The summed E-state index contributed by atoms with van der Waals surface area (Å²) in [6.45, 7) is 3.95. The lowest BCUT2D eigenvalue weighted by Crippen LogP contribution is -2.13. The maximum Gasteiger partial charge on any atom is 0.343 e. The number of carbonyl (C=O) groups excluding carboxylic acids is 1. The van der Waals surface area contributed by atoms with Crippen molar-refractivity contribution in [2.24, 2.45) is 0 Å². The number of rotatable bonds is 5. The van der Waals surface area contributed by atoms with Crippen LogP contribution in [0.5, 0.6) is 0 Å². The fourth-order valence-electron chi connectivity index (χ4n) is 2.13. The van der Waals surface area contributed by atoms with Gasteiger partial charge in [-0.2, -0.15) is 10.1 Å². The molecule has 2 heterocycles. The molecule has 7 nitrogen and oxygen atoms in total. The van der Waals surface area contributed by atoms with Gasteiger partial charge in [0.25, 0.3) is 5.95 Å². The Bertz CT molecular complexity index is 892. The molecular formula is C17H16BrN5O2. The molecule has 0 saturated heterocycles. The summed E-state index contributed by atoms with van der Waals surface area (Å²) in [6.07, 6.45) is 4.96. The highest BCUT2D eigenvalue weighted by atomic mass is 79.9. The van der Waals surface area contributed by atoms with Crippen LogP contribution in [-0.4, -0.2) is 32.3 Å². The van der Waals surface area contributed by atoms with Gasteiger partial charge in [-0.05, 0) is 43.7 Å². The fourth-order valence-corrected chi connectivity index (χ4v) is 2.39. The normalized spacial score (nSPS) is 10.5. The first-order chi connectivity index (χ1) is 12.1. The summed E-state index contributed by atoms with van der Waals surface area (Å²) in [5, 5.41) is 7.34. The minimum absolute atomic E-state index is 0.261. The quantitative estimate of drug-likeness (QED) is 0.656. The lowest BCUT2D eigenvalue weighted by Gasteiger charge is -2.11. The number of esters is 1. The second-order valence-electron chi connectivity index (χ2n) is 5.25. The minimum atomic E-state index is -0.481. The summed E-state index contributed by atoms with van der Waals surface area (Å²) in [6, 6.07) is 7.54. The van der Waals surface area contributed by atoms with E-state index in [1.54, 1.807) is 17.8 Å². The Kier molecular flexibility index (Phi) is 5.08. The first-order valence-corrected chi connectivity index (χ1v) is 8.44. The molecule has 128 valence electrons. The summed E-state index contributed by atoms with van der Waals surface area (Å²) >= 11 is 3.39. The van der Waals surface area contributed by atoms with Crippen LogP contribution in [0, 0.1) is 6.92 Å². The number of anilines is 2. The van der Waals surface area contributed by atoms with E-state index < -0.39 is 5.97 Å². The minimum Gasteiger partial charge on any atom is -0.462 e.